The number of rotatable bonds is 8. The standard InChI is InChI=1S/C20H21F3N6O2S.2C2HF3O2/c21-20(22,23)14-5-8-16(9-6-14)32(30,31)29-17-3-1-2-13-4-7-15(28-18(13)17)12-26-10-11-27-19(24)25;2*3-2(4,5)1(6)7/h1-9,26,29H,10-12H2,(H4,24,25,27);2*(H,6,7). The van der Waals surface area contributed by atoms with E-state index in [-0.39, 0.29) is 16.5 Å². The van der Waals surface area contributed by atoms with Gasteiger partial charge in [0.05, 0.1) is 27.4 Å². The van der Waals surface area contributed by atoms with Crippen molar-refractivity contribution in [3.05, 3.63) is 65.9 Å². The van der Waals surface area contributed by atoms with Crippen molar-refractivity contribution >= 4 is 44.5 Å². The first-order valence-electron chi connectivity index (χ1n) is 11.9. The number of halogens is 9. The monoisotopic (exact) mass is 694 g/mol. The first-order chi connectivity index (χ1) is 20.9. The van der Waals surface area contributed by atoms with Crippen molar-refractivity contribution in [3.8, 4) is 0 Å². The number of nitrogens with two attached hydrogens (primary N) is 1. The molecule has 0 aliphatic rings. The number of anilines is 1. The van der Waals surface area contributed by atoms with Crippen molar-refractivity contribution in [2.45, 2.75) is 30.0 Å². The number of alkyl halides is 9. The number of aliphatic carboxylic acids is 2. The van der Waals surface area contributed by atoms with Gasteiger partial charge in [-0.2, -0.15) is 39.5 Å². The fourth-order valence-corrected chi connectivity index (χ4v) is 3.96. The number of aromatic nitrogens is 1. The molecule has 0 saturated heterocycles. The molecule has 12 nitrogen and oxygen atoms in total. The lowest BCUT2D eigenvalue weighted by Crippen LogP contribution is -2.35. The Kier molecular flexibility index (Phi) is 13.6. The van der Waals surface area contributed by atoms with Crippen LogP contribution in [-0.2, 0) is 32.3 Å². The normalized spacial score (nSPS) is 11.8. The van der Waals surface area contributed by atoms with Crippen LogP contribution in [0.3, 0.4) is 0 Å². The lowest BCUT2D eigenvalue weighted by Gasteiger charge is -2.12. The summed E-state index contributed by atoms with van der Waals surface area (Å²) >= 11 is 0. The van der Waals surface area contributed by atoms with Gasteiger partial charge in [-0.15, -0.1) is 0 Å². The summed E-state index contributed by atoms with van der Waals surface area (Å²) < 4.78 is 130. The van der Waals surface area contributed by atoms with Crippen molar-refractivity contribution in [2.75, 3.05) is 17.8 Å². The number of carboxylic acids is 2. The van der Waals surface area contributed by atoms with E-state index in [2.05, 4.69) is 20.3 Å². The quantitative estimate of drug-likeness (QED) is 0.0784. The highest BCUT2D eigenvalue weighted by molar-refractivity contribution is 7.92. The van der Waals surface area contributed by atoms with Crippen LogP contribution in [0, 0.1) is 5.41 Å². The molecule has 0 unspecified atom stereocenters. The number of carboxylic acid groups (broad SMARTS) is 2. The van der Waals surface area contributed by atoms with Gasteiger partial charge in [-0.25, -0.2) is 23.0 Å². The van der Waals surface area contributed by atoms with Crippen molar-refractivity contribution in [3.63, 3.8) is 0 Å². The largest absolute Gasteiger partial charge is 0.490 e. The maximum Gasteiger partial charge on any atom is 0.490 e. The van der Waals surface area contributed by atoms with Gasteiger partial charge in [0.1, 0.15) is 0 Å². The second kappa shape index (κ2) is 15.9. The average Bonchev–Trinajstić information content (AvgIpc) is 2.92. The Labute approximate surface area is 253 Å². The molecule has 8 N–H and O–H groups in total. The molecule has 46 heavy (non-hydrogen) atoms. The molecule has 1 aromatic heterocycles. The maximum atomic E-state index is 12.7. The minimum Gasteiger partial charge on any atom is -0.475 e. The van der Waals surface area contributed by atoms with E-state index in [1.807, 2.05) is 0 Å². The minimum absolute atomic E-state index is 0.124. The Morgan fingerprint density at radius 2 is 1.35 bits per heavy atom. The third-order valence-electron chi connectivity index (χ3n) is 4.92. The molecule has 22 heteroatoms. The van der Waals surface area contributed by atoms with Crippen molar-refractivity contribution in [1.29, 1.82) is 5.41 Å². The van der Waals surface area contributed by atoms with Crippen molar-refractivity contribution in [2.24, 2.45) is 5.73 Å². The first-order valence-corrected chi connectivity index (χ1v) is 13.4. The lowest BCUT2D eigenvalue weighted by atomic mass is 10.2. The van der Waals surface area contributed by atoms with Crippen LogP contribution in [0.1, 0.15) is 11.3 Å². The van der Waals surface area contributed by atoms with E-state index in [1.54, 1.807) is 24.3 Å². The van der Waals surface area contributed by atoms with Gasteiger partial charge in [-0.3, -0.25) is 10.1 Å². The van der Waals surface area contributed by atoms with E-state index >= 15 is 0 Å². The third-order valence-corrected chi connectivity index (χ3v) is 6.30. The van der Waals surface area contributed by atoms with Gasteiger partial charge >= 0.3 is 30.5 Å². The minimum atomic E-state index is -5.08. The average molecular weight is 695 g/mol. The molecule has 0 aliphatic carbocycles. The van der Waals surface area contributed by atoms with E-state index in [0.717, 1.165) is 24.3 Å². The number of nitrogens with one attached hydrogen (secondary N) is 4. The van der Waals surface area contributed by atoms with Gasteiger partial charge in [-0.05, 0) is 36.4 Å². The molecule has 254 valence electrons. The van der Waals surface area contributed by atoms with Gasteiger partial charge in [0.2, 0.25) is 0 Å². The topological polar surface area (TPSA) is 208 Å². The maximum absolute atomic E-state index is 12.7. The number of benzene rings is 2. The predicted octanol–water partition coefficient (Wildman–Crippen LogP) is 3.89. The Bertz CT molecular complexity index is 1590. The van der Waals surface area contributed by atoms with Crippen molar-refractivity contribution < 1.29 is 67.7 Å². The first kappa shape index (κ1) is 39.2. The van der Waals surface area contributed by atoms with Crippen LogP contribution < -0.4 is 21.1 Å². The molecule has 0 saturated carbocycles. The molecule has 0 atom stereocenters. The number of guanidine groups is 1. The zero-order chi connectivity index (χ0) is 35.5. The highest BCUT2D eigenvalue weighted by Gasteiger charge is 2.39. The lowest BCUT2D eigenvalue weighted by molar-refractivity contribution is -0.193. The van der Waals surface area contributed by atoms with Gasteiger partial charge in [0, 0.05) is 25.0 Å². The molecule has 1 heterocycles. The van der Waals surface area contributed by atoms with Gasteiger partial charge in [-0.1, -0.05) is 18.2 Å². The molecule has 3 aromatic rings. The summed E-state index contributed by atoms with van der Waals surface area (Å²) in [6.07, 6.45) is -14.7. The van der Waals surface area contributed by atoms with Gasteiger partial charge < -0.3 is 26.6 Å². The molecule has 0 bridgehead atoms. The van der Waals surface area contributed by atoms with Crippen LogP contribution in [0.15, 0.2) is 59.5 Å². The summed E-state index contributed by atoms with van der Waals surface area (Å²) in [4.78, 5) is 22.0. The molecular weight excluding hydrogens is 671 g/mol. The highest BCUT2D eigenvalue weighted by Crippen LogP contribution is 2.30. The Morgan fingerprint density at radius 1 is 0.826 bits per heavy atom. The van der Waals surface area contributed by atoms with Crippen molar-refractivity contribution in [1.82, 2.24) is 15.6 Å². The highest BCUT2D eigenvalue weighted by atomic mass is 32.2. The Hall–Kier alpha value is -4.86. The summed E-state index contributed by atoms with van der Waals surface area (Å²) in [5, 5.41) is 27.8. The summed E-state index contributed by atoms with van der Waals surface area (Å²) in [7, 11) is -4.13. The van der Waals surface area contributed by atoms with Crippen LogP contribution in [0.2, 0.25) is 0 Å². The fraction of sp³-hybridized carbons (Fsp3) is 0.250. The Morgan fingerprint density at radius 3 is 1.80 bits per heavy atom. The number of hydrogen-bond donors (Lipinski definition) is 7. The van der Waals surface area contributed by atoms with Crippen LogP contribution in [0.25, 0.3) is 10.9 Å². The number of nitrogens with zero attached hydrogens (tertiary/aromatic N) is 1. The summed E-state index contributed by atoms with van der Waals surface area (Å²) in [6.45, 7) is 1.39. The smallest absolute Gasteiger partial charge is 0.475 e. The Balaban J connectivity index is 0.000000629. The number of carbonyl (C=O) groups is 2. The van der Waals surface area contributed by atoms with Crippen LogP contribution in [0.5, 0.6) is 0 Å². The summed E-state index contributed by atoms with van der Waals surface area (Å²) in [5.41, 5.74) is 5.55. The molecule has 0 aliphatic heterocycles. The molecule has 3 rings (SSSR count). The van der Waals surface area contributed by atoms with E-state index in [4.69, 9.17) is 30.9 Å². The van der Waals surface area contributed by atoms with E-state index < -0.39 is 46.1 Å². The predicted molar refractivity (Wildman–Crippen MR) is 143 cm³/mol. The summed E-state index contributed by atoms with van der Waals surface area (Å²) in [5.74, 6) is -5.64. The van der Waals surface area contributed by atoms with Crippen LogP contribution in [0.4, 0.5) is 45.2 Å². The zero-order valence-corrected chi connectivity index (χ0v) is 23.5. The molecule has 0 spiro atoms. The molecule has 0 amide bonds. The number of para-hydroxylation sites is 1. The van der Waals surface area contributed by atoms with Crippen LogP contribution in [-0.4, -0.2) is 67.0 Å². The van der Waals surface area contributed by atoms with Gasteiger partial charge in [0.15, 0.2) is 5.96 Å². The SMILES string of the molecule is N=C(N)NCCNCc1ccc2cccc(NS(=O)(=O)c3ccc(C(F)(F)F)cc3)c2n1.O=C(O)C(F)(F)F.O=C(O)C(F)(F)F. The second-order valence-electron chi connectivity index (χ2n) is 8.43. The molecule has 0 radical (unpaired) electrons. The molecular formula is C24H23F9N6O6S. The fourth-order valence-electron chi connectivity index (χ4n) is 2.90. The third kappa shape index (κ3) is 13.4. The zero-order valence-electron chi connectivity index (χ0n) is 22.7. The summed E-state index contributed by atoms with van der Waals surface area (Å²) in [6, 6.07) is 11.8. The molecule has 2 aromatic carbocycles. The van der Waals surface area contributed by atoms with Crippen LogP contribution >= 0.6 is 0 Å². The number of pyridine rings is 1. The number of fused-ring (bicyclic) bond motifs is 1. The van der Waals surface area contributed by atoms with E-state index in [9.17, 15) is 47.9 Å². The van der Waals surface area contributed by atoms with E-state index in [1.165, 1.54) is 6.07 Å². The number of hydrogen-bond acceptors (Lipinski definition) is 7. The van der Waals surface area contributed by atoms with E-state index in [0.29, 0.717) is 36.2 Å². The number of sulfonamides is 1. The molecule has 0 fully saturated rings. The second-order valence-corrected chi connectivity index (χ2v) is 10.1. The van der Waals surface area contributed by atoms with Gasteiger partial charge in [0.25, 0.3) is 10.0 Å².